The van der Waals surface area contributed by atoms with Crippen LogP contribution in [0.4, 0.5) is 23.2 Å². The molecule has 1 fully saturated rings. The van der Waals surface area contributed by atoms with E-state index in [1.165, 1.54) is 24.3 Å². The molecular formula is C18H15ClF4N2O3S. The van der Waals surface area contributed by atoms with E-state index in [4.69, 9.17) is 16.3 Å². The maximum Gasteiger partial charge on any atom is 0.573 e. The van der Waals surface area contributed by atoms with E-state index in [1.807, 2.05) is 0 Å². The summed E-state index contributed by atoms with van der Waals surface area (Å²) in [5, 5.41) is 0.0803. The molecule has 0 atom stereocenters. The first kappa shape index (κ1) is 21.4. The zero-order chi connectivity index (χ0) is 21.2. The van der Waals surface area contributed by atoms with Gasteiger partial charge in [0.25, 0.3) is 5.91 Å². The monoisotopic (exact) mass is 450 g/mol. The third-order valence-corrected chi connectivity index (χ3v) is 4.70. The van der Waals surface area contributed by atoms with Crippen molar-refractivity contribution >= 4 is 35.1 Å². The van der Waals surface area contributed by atoms with Gasteiger partial charge < -0.3 is 14.4 Å². The predicted molar refractivity (Wildman–Crippen MR) is 102 cm³/mol. The molecule has 5 nitrogen and oxygen atoms in total. The number of carbonyl (C=O) groups excluding carboxylic acids is 1. The topological polar surface area (TPSA) is 50.8 Å². The van der Waals surface area contributed by atoms with Crippen LogP contribution in [0.5, 0.6) is 11.5 Å². The summed E-state index contributed by atoms with van der Waals surface area (Å²) >= 11 is 7.12. The fourth-order valence-electron chi connectivity index (χ4n) is 2.72. The number of amides is 1. The number of alkyl halides is 3. The summed E-state index contributed by atoms with van der Waals surface area (Å²) in [6.45, 7) is 0.726. The summed E-state index contributed by atoms with van der Waals surface area (Å²) in [6, 6.07) is 7.81. The second-order valence-electron chi connectivity index (χ2n) is 6.09. The highest BCUT2D eigenvalue weighted by Crippen LogP contribution is 2.33. The molecule has 1 heterocycles. The van der Waals surface area contributed by atoms with Crippen LogP contribution in [0.2, 0.25) is 5.02 Å². The van der Waals surface area contributed by atoms with Crippen molar-refractivity contribution in [1.29, 1.82) is 0 Å². The highest BCUT2D eigenvalue weighted by molar-refractivity contribution is 7.97. The maximum atomic E-state index is 14.2. The van der Waals surface area contributed by atoms with Crippen molar-refractivity contribution in [3.63, 3.8) is 0 Å². The standard InChI is InChI=1S/C18H15ClF4N2O3S/c1-29-24-17(26)13-6-14(19)16(7-15(13)20)27-12-8-25(9-12)10-3-2-4-11(5-10)28-18(21,22)23/h2-7,12H,8-9H2,1H3,(H,24,26). The Morgan fingerprint density at radius 1 is 1.28 bits per heavy atom. The third kappa shape index (κ3) is 5.39. The van der Waals surface area contributed by atoms with Crippen molar-refractivity contribution in [1.82, 2.24) is 4.72 Å². The molecule has 29 heavy (non-hydrogen) atoms. The molecule has 0 aliphatic carbocycles. The quantitative estimate of drug-likeness (QED) is 0.512. The molecule has 0 aromatic heterocycles. The van der Waals surface area contributed by atoms with Crippen LogP contribution in [-0.4, -0.2) is 37.7 Å². The third-order valence-electron chi connectivity index (χ3n) is 4.02. The molecule has 1 aliphatic heterocycles. The Bertz CT molecular complexity index is 907. The SMILES string of the molecule is CSNC(=O)c1cc(Cl)c(OC2CN(c3cccc(OC(F)(F)F)c3)C2)cc1F. The first-order valence-electron chi connectivity index (χ1n) is 8.26. The van der Waals surface area contributed by atoms with Crippen molar-refractivity contribution in [2.75, 3.05) is 24.2 Å². The molecule has 0 unspecified atom stereocenters. The van der Waals surface area contributed by atoms with E-state index in [9.17, 15) is 22.4 Å². The summed E-state index contributed by atoms with van der Waals surface area (Å²) in [6.07, 6.45) is -3.48. The van der Waals surface area contributed by atoms with Crippen molar-refractivity contribution < 1.29 is 31.8 Å². The van der Waals surface area contributed by atoms with Crippen LogP contribution >= 0.6 is 23.5 Å². The molecule has 1 aliphatic rings. The van der Waals surface area contributed by atoms with Gasteiger partial charge in [-0.15, -0.1) is 13.2 Å². The first-order valence-corrected chi connectivity index (χ1v) is 9.86. The molecule has 0 radical (unpaired) electrons. The Labute approximate surface area is 173 Å². The lowest BCUT2D eigenvalue weighted by molar-refractivity contribution is -0.274. The smallest absolute Gasteiger partial charge is 0.485 e. The normalized spacial score (nSPS) is 14.3. The van der Waals surface area contributed by atoms with E-state index >= 15 is 0 Å². The van der Waals surface area contributed by atoms with E-state index in [0.717, 1.165) is 18.0 Å². The summed E-state index contributed by atoms with van der Waals surface area (Å²) in [4.78, 5) is 13.6. The molecule has 0 bridgehead atoms. The fraction of sp³-hybridized carbons (Fsp3) is 0.278. The average molecular weight is 451 g/mol. The van der Waals surface area contributed by atoms with Crippen molar-refractivity contribution in [2.45, 2.75) is 12.5 Å². The minimum Gasteiger partial charge on any atom is -0.485 e. The van der Waals surface area contributed by atoms with E-state index in [-0.39, 0.29) is 28.2 Å². The van der Waals surface area contributed by atoms with Crippen LogP contribution in [0.1, 0.15) is 10.4 Å². The first-order chi connectivity index (χ1) is 13.7. The molecule has 0 saturated carbocycles. The van der Waals surface area contributed by atoms with Gasteiger partial charge in [-0.1, -0.05) is 29.6 Å². The molecule has 1 saturated heterocycles. The number of rotatable bonds is 6. The fourth-order valence-corrected chi connectivity index (χ4v) is 3.22. The van der Waals surface area contributed by atoms with Crippen molar-refractivity contribution in [3.8, 4) is 11.5 Å². The second-order valence-corrected chi connectivity index (χ2v) is 7.11. The number of hydrogen-bond acceptors (Lipinski definition) is 5. The lowest BCUT2D eigenvalue weighted by Gasteiger charge is -2.40. The molecular weight excluding hydrogens is 436 g/mol. The predicted octanol–water partition coefficient (Wildman–Crippen LogP) is 4.65. The van der Waals surface area contributed by atoms with E-state index in [1.54, 1.807) is 17.2 Å². The zero-order valence-electron chi connectivity index (χ0n) is 14.9. The minimum absolute atomic E-state index is 0.0803. The Morgan fingerprint density at radius 2 is 2.00 bits per heavy atom. The lowest BCUT2D eigenvalue weighted by atomic mass is 10.1. The molecule has 11 heteroatoms. The Morgan fingerprint density at radius 3 is 2.66 bits per heavy atom. The second kappa shape index (κ2) is 8.58. The van der Waals surface area contributed by atoms with Gasteiger partial charge in [0.15, 0.2) is 0 Å². The number of nitrogens with zero attached hydrogens (tertiary/aromatic N) is 1. The van der Waals surface area contributed by atoms with E-state index in [0.29, 0.717) is 18.8 Å². The van der Waals surface area contributed by atoms with Gasteiger partial charge in [-0.05, 0) is 18.2 Å². The van der Waals surface area contributed by atoms with Crippen molar-refractivity contribution in [2.24, 2.45) is 0 Å². The van der Waals surface area contributed by atoms with Crippen LogP contribution in [-0.2, 0) is 0 Å². The number of nitrogens with one attached hydrogen (secondary N) is 1. The van der Waals surface area contributed by atoms with Gasteiger partial charge in [0.1, 0.15) is 23.4 Å². The van der Waals surface area contributed by atoms with Gasteiger partial charge in [0, 0.05) is 24.1 Å². The Balaban J connectivity index is 1.62. The van der Waals surface area contributed by atoms with Gasteiger partial charge >= 0.3 is 6.36 Å². The van der Waals surface area contributed by atoms with Gasteiger partial charge in [0.05, 0.1) is 23.7 Å². The zero-order valence-corrected chi connectivity index (χ0v) is 16.5. The van der Waals surface area contributed by atoms with Crippen LogP contribution in [0, 0.1) is 5.82 Å². The number of benzene rings is 2. The molecule has 2 aromatic rings. The largest absolute Gasteiger partial charge is 0.573 e. The molecule has 1 amide bonds. The molecule has 0 spiro atoms. The summed E-state index contributed by atoms with van der Waals surface area (Å²) < 4.78 is 63.2. The highest BCUT2D eigenvalue weighted by Gasteiger charge is 2.33. The van der Waals surface area contributed by atoms with Gasteiger partial charge in [-0.2, -0.15) is 0 Å². The molecule has 156 valence electrons. The van der Waals surface area contributed by atoms with Crippen LogP contribution in [0.3, 0.4) is 0 Å². The summed E-state index contributed by atoms with van der Waals surface area (Å²) in [5.74, 6) is -1.62. The summed E-state index contributed by atoms with van der Waals surface area (Å²) in [5.41, 5.74) is 0.335. The van der Waals surface area contributed by atoms with Gasteiger partial charge in [-0.25, -0.2) is 4.39 Å². The number of halogens is 5. The number of hydrogen-bond donors (Lipinski definition) is 1. The number of carbonyl (C=O) groups is 1. The van der Waals surface area contributed by atoms with E-state index in [2.05, 4.69) is 9.46 Å². The Kier molecular flexibility index (Phi) is 6.33. The molecule has 3 rings (SSSR count). The maximum absolute atomic E-state index is 14.2. The van der Waals surface area contributed by atoms with Crippen LogP contribution in [0.25, 0.3) is 0 Å². The van der Waals surface area contributed by atoms with Crippen LogP contribution < -0.4 is 19.1 Å². The number of ether oxygens (including phenoxy) is 2. The van der Waals surface area contributed by atoms with Crippen molar-refractivity contribution in [3.05, 3.63) is 52.8 Å². The van der Waals surface area contributed by atoms with Gasteiger partial charge in [-0.3, -0.25) is 9.52 Å². The van der Waals surface area contributed by atoms with Gasteiger partial charge in [0.2, 0.25) is 0 Å². The number of anilines is 1. The average Bonchev–Trinajstić information content (AvgIpc) is 2.59. The molecule has 1 N–H and O–H groups in total. The Hall–Kier alpha value is -2.33. The van der Waals surface area contributed by atoms with Crippen LogP contribution in [0.15, 0.2) is 36.4 Å². The minimum atomic E-state index is -4.76. The molecule has 2 aromatic carbocycles. The highest BCUT2D eigenvalue weighted by atomic mass is 35.5. The van der Waals surface area contributed by atoms with E-state index < -0.39 is 18.1 Å². The summed E-state index contributed by atoms with van der Waals surface area (Å²) in [7, 11) is 0. The lowest BCUT2D eigenvalue weighted by Crippen LogP contribution is -2.54.